The van der Waals surface area contributed by atoms with Crippen LogP contribution in [-0.4, -0.2) is 36.7 Å². The standard InChI is InChI=1S/C11H14N2O6S/c14-7-11(3-4-11)6-12-20(18,19)8-1-2-10(15)9(5-8)13(16)17/h1-2,5,12,14-15H,3-4,6-7H2. The van der Waals surface area contributed by atoms with Crippen molar-refractivity contribution in [3.05, 3.63) is 28.3 Å². The van der Waals surface area contributed by atoms with E-state index in [2.05, 4.69) is 4.72 Å². The van der Waals surface area contributed by atoms with Gasteiger partial charge >= 0.3 is 5.69 Å². The normalized spacial score (nSPS) is 16.9. The molecule has 8 nitrogen and oxygen atoms in total. The van der Waals surface area contributed by atoms with E-state index in [0.717, 1.165) is 31.0 Å². The number of nitrogens with zero attached hydrogens (tertiary/aromatic N) is 1. The number of nitro benzene ring substituents is 1. The van der Waals surface area contributed by atoms with E-state index in [0.29, 0.717) is 0 Å². The van der Waals surface area contributed by atoms with Gasteiger partial charge in [0.2, 0.25) is 10.0 Å². The highest BCUT2D eigenvalue weighted by atomic mass is 32.2. The van der Waals surface area contributed by atoms with Gasteiger partial charge in [-0.15, -0.1) is 0 Å². The maximum absolute atomic E-state index is 12.0. The Morgan fingerprint density at radius 2 is 2.05 bits per heavy atom. The average Bonchev–Trinajstić information content (AvgIpc) is 3.17. The van der Waals surface area contributed by atoms with Crippen LogP contribution in [0.5, 0.6) is 5.75 Å². The minimum absolute atomic E-state index is 0.0838. The number of benzene rings is 1. The third-order valence-corrected chi connectivity index (χ3v) is 4.78. The summed E-state index contributed by atoms with van der Waals surface area (Å²) in [4.78, 5) is 9.52. The molecule has 0 aliphatic heterocycles. The first kappa shape index (κ1) is 14.7. The van der Waals surface area contributed by atoms with Crippen molar-refractivity contribution in [1.29, 1.82) is 0 Å². The van der Waals surface area contributed by atoms with Crippen molar-refractivity contribution in [3.8, 4) is 5.75 Å². The Morgan fingerprint density at radius 3 is 2.55 bits per heavy atom. The molecule has 1 aromatic carbocycles. The first-order valence-electron chi connectivity index (χ1n) is 5.88. The van der Waals surface area contributed by atoms with Gasteiger partial charge in [-0.05, 0) is 25.0 Å². The van der Waals surface area contributed by atoms with Crippen molar-refractivity contribution in [3.63, 3.8) is 0 Å². The third kappa shape index (κ3) is 2.89. The van der Waals surface area contributed by atoms with E-state index >= 15 is 0 Å². The van der Waals surface area contributed by atoms with Gasteiger partial charge in [0.05, 0.1) is 9.82 Å². The molecule has 0 radical (unpaired) electrons. The summed E-state index contributed by atoms with van der Waals surface area (Å²) in [5.41, 5.74) is -1.08. The molecule has 1 aliphatic rings. The molecule has 1 saturated carbocycles. The van der Waals surface area contributed by atoms with Crippen LogP contribution in [0.3, 0.4) is 0 Å². The van der Waals surface area contributed by atoms with Gasteiger partial charge in [-0.3, -0.25) is 10.1 Å². The van der Waals surface area contributed by atoms with Crippen LogP contribution in [0.25, 0.3) is 0 Å². The van der Waals surface area contributed by atoms with Crippen LogP contribution in [-0.2, 0) is 10.0 Å². The molecule has 9 heteroatoms. The number of hydrogen-bond donors (Lipinski definition) is 3. The molecule has 2 rings (SSSR count). The van der Waals surface area contributed by atoms with Crippen molar-refractivity contribution in [1.82, 2.24) is 4.72 Å². The van der Waals surface area contributed by atoms with Crippen LogP contribution in [0, 0.1) is 15.5 Å². The molecule has 0 spiro atoms. The van der Waals surface area contributed by atoms with Gasteiger partial charge in [0, 0.05) is 24.6 Å². The Balaban J connectivity index is 2.21. The molecule has 1 fully saturated rings. The van der Waals surface area contributed by atoms with Gasteiger partial charge in [0.15, 0.2) is 5.75 Å². The van der Waals surface area contributed by atoms with Gasteiger partial charge in [-0.2, -0.15) is 0 Å². The third-order valence-electron chi connectivity index (χ3n) is 3.38. The zero-order valence-corrected chi connectivity index (χ0v) is 11.3. The molecule has 110 valence electrons. The van der Waals surface area contributed by atoms with Crippen molar-refractivity contribution >= 4 is 15.7 Å². The molecule has 0 bridgehead atoms. The number of nitro groups is 1. The molecule has 3 N–H and O–H groups in total. The fraction of sp³-hybridized carbons (Fsp3) is 0.455. The molecule has 0 unspecified atom stereocenters. The summed E-state index contributed by atoms with van der Waals surface area (Å²) in [5.74, 6) is -0.594. The van der Waals surface area contributed by atoms with Crippen LogP contribution in [0.4, 0.5) is 5.69 Å². The van der Waals surface area contributed by atoms with Crippen molar-refractivity contribution in [2.45, 2.75) is 17.7 Å². The SMILES string of the molecule is O=[N+]([O-])c1cc(S(=O)(=O)NCC2(CO)CC2)ccc1O. The van der Waals surface area contributed by atoms with Crippen LogP contribution in [0.15, 0.2) is 23.1 Å². The maximum atomic E-state index is 12.0. The molecule has 0 aromatic heterocycles. The molecule has 1 aliphatic carbocycles. The summed E-state index contributed by atoms with van der Waals surface area (Å²) in [6.45, 7) is -0.0221. The second kappa shape index (κ2) is 5.00. The summed E-state index contributed by atoms with van der Waals surface area (Å²) >= 11 is 0. The summed E-state index contributed by atoms with van der Waals surface area (Å²) in [6, 6.07) is 2.85. The molecule has 20 heavy (non-hydrogen) atoms. The lowest BCUT2D eigenvalue weighted by Crippen LogP contribution is -2.31. The number of sulfonamides is 1. The molecule has 0 heterocycles. The zero-order valence-electron chi connectivity index (χ0n) is 10.4. The lowest BCUT2D eigenvalue weighted by atomic mass is 10.1. The fourth-order valence-corrected chi connectivity index (χ4v) is 2.89. The average molecular weight is 302 g/mol. The molecule has 0 atom stereocenters. The highest BCUT2D eigenvalue weighted by molar-refractivity contribution is 7.89. The number of hydrogen-bond acceptors (Lipinski definition) is 6. The number of rotatable bonds is 6. The molecule has 0 saturated heterocycles. The van der Waals surface area contributed by atoms with Gasteiger partial charge in [0.1, 0.15) is 0 Å². The van der Waals surface area contributed by atoms with Crippen molar-refractivity contribution in [2.75, 3.05) is 13.2 Å². The lowest BCUT2D eigenvalue weighted by Gasteiger charge is -2.13. The monoisotopic (exact) mass is 302 g/mol. The highest BCUT2D eigenvalue weighted by Gasteiger charge is 2.42. The minimum atomic E-state index is -3.91. The van der Waals surface area contributed by atoms with E-state index in [-0.39, 0.29) is 18.0 Å². The molecular weight excluding hydrogens is 288 g/mol. The number of nitrogens with one attached hydrogen (secondary N) is 1. The number of aliphatic hydroxyl groups excluding tert-OH is 1. The smallest absolute Gasteiger partial charge is 0.312 e. The zero-order chi connectivity index (χ0) is 15.0. The Bertz CT molecular complexity index is 638. The summed E-state index contributed by atoms with van der Waals surface area (Å²) < 4.78 is 26.3. The minimum Gasteiger partial charge on any atom is -0.502 e. The topological polar surface area (TPSA) is 130 Å². The summed E-state index contributed by atoms with van der Waals surface area (Å²) in [7, 11) is -3.91. The summed E-state index contributed by atoms with van der Waals surface area (Å²) in [6.07, 6.45) is 1.48. The number of phenolic OH excluding ortho intramolecular Hbond substituents is 1. The Kier molecular flexibility index (Phi) is 3.67. The van der Waals surface area contributed by atoms with E-state index < -0.39 is 31.8 Å². The quantitative estimate of drug-likeness (QED) is 0.513. The van der Waals surface area contributed by atoms with E-state index in [1.807, 2.05) is 0 Å². The van der Waals surface area contributed by atoms with Crippen LogP contribution < -0.4 is 4.72 Å². The van der Waals surface area contributed by atoms with Gasteiger partial charge < -0.3 is 10.2 Å². The van der Waals surface area contributed by atoms with Crippen LogP contribution in [0.1, 0.15) is 12.8 Å². The molecule has 1 aromatic rings. The predicted octanol–water partition coefficient (Wildman–Crippen LogP) is 0.351. The molecular formula is C11H14N2O6S. The van der Waals surface area contributed by atoms with Crippen molar-refractivity contribution < 1.29 is 23.6 Å². The van der Waals surface area contributed by atoms with Gasteiger partial charge in [-0.25, -0.2) is 13.1 Å². The van der Waals surface area contributed by atoms with Gasteiger partial charge in [-0.1, -0.05) is 0 Å². The predicted molar refractivity (Wildman–Crippen MR) is 68.7 cm³/mol. The lowest BCUT2D eigenvalue weighted by molar-refractivity contribution is -0.386. The Labute approximate surface area is 115 Å². The maximum Gasteiger partial charge on any atom is 0.312 e. The Hall–Kier alpha value is -1.71. The summed E-state index contributed by atoms with van der Waals surface area (Å²) in [5, 5.41) is 29.1. The number of phenols is 1. The second-order valence-electron chi connectivity index (χ2n) is 4.89. The van der Waals surface area contributed by atoms with E-state index in [1.54, 1.807) is 0 Å². The van der Waals surface area contributed by atoms with Crippen molar-refractivity contribution in [2.24, 2.45) is 5.41 Å². The first-order chi connectivity index (χ1) is 9.30. The van der Waals surface area contributed by atoms with E-state index in [1.165, 1.54) is 0 Å². The van der Waals surface area contributed by atoms with Gasteiger partial charge in [0.25, 0.3) is 0 Å². The molecule has 0 amide bonds. The highest BCUT2D eigenvalue weighted by Crippen LogP contribution is 2.44. The van der Waals surface area contributed by atoms with Crippen LogP contribution >= 0.6 is 0 Å². The van der Waals surface area contributed by atoms with Crippen LogP contribution in [0.2, 0.25) is 0 Å². The first-order valence-corrected chi connectivity index (χ1v) is 7.36. The Morgan fingerprint density at radius 1 is 1.40 bits per heavy atom. The number of aromatic hydroxyl groups is 1. The fourth-order valence-electron chi connectivity index (χ4n) is 1.72. The van der Waals surface area contributed by atoms with E-state index in [9.17, 15) is 23.6 Å². The largest absolute Gasteiger partial charge is 0.502 e. The number of aliphatic hydroxyl groups is 1. The second-order valence-corrected chi connectivity index (χ2v) is 6.66. The van der Waals surface area contributed by atoms with E-state index in [4.69, 9.17) is 5.11 Å².